The van der Waals surface area contributed by atoms with Gasteiger partial charge in [-0.25, -0.2) is 4.98 Å². The van der Waals surface area contributed by atoms with Crippen LogP contribution in [0, 0.1) is 12.8 Å². The van der Waals surface area contributed by atoms with Gasteiger partial charge in [-0.1, -0.05) is 50.1 Å². The Hall–Kier alpha value is -2.01. The molecule has 0 spiro atoms. The van der Waals surface area contributed by atoms with Crippen molar-refractivity contribution < 1.29 is 9.53 Å². The second kappa shape index (κ2) is 10.1. The minimum atomic E-state index is -0.0611. The Morgan fingerprint density at radius 2 is 1.81 bits per heavy atom. The molecule has 2 aliphatic carbocycles. The van der Waals surface area contributed by atoms with E-state index < -0.39 is 0 Å². The highest BCUT2D eigenvalue weighted by molar-refractivity contribution is 6.30. The first-order valence-electron chi connectivity index (χ1n) is 11.8. The molecule has 0 unspecified atom stereocenters. The maximum absolute atomic E-state index is 13.2. The Kier molecular flexibility index (Phi) is 7.21. The summed E-state index contributed by atoms with van der Waals surface area (Å²) in [7, 11) is 1.66. The third kappa shape index (κ3) is 5.08. The summed E-state index contributed by atoms with van der Waals surface area (Å²) in [6.07, 6.45) is 12.1. The highest BCUT2D eigenvalue weighted by atomic mass is 35.5. The second-order valence-corrected chi connectivity index (χ2v) is 9.57. The highest BCUT2D eigenvalue weighted by Crippen LogP contribution is 2.35. The van der Waals surface area contributed by atoms with Crippen LogP contribution in [-0.4, -0.2) is 28.6 Å². The van der Waals surface area contributed by atoms with Crippen molar-refractivity contribution in [2.24, 2.45) is 5.92 Å². The maximum atomic E-state index is 13.2. The molecule has 1 N–H and O–H groups in total. The van der Waals surface area contributed by atoms with Gasteiger partial charge in [0.25, 0.3) is 5.91 Å². The van der Waals surface area contributed by atoms with Gasteiger partial charge in [-0.05, 0) is 56.7 Å². The second-order valence-electron chi connectivity index (χ2n) is 9.14. The van der Waals surface area contributed by atoms with Crippen LogP contribution in [-0.2, 0) is 6.54 Å². The monoisotopic (exact) mass is 443 g/mol. The fourth-order valence-electron chi connectivity index (χ4n) is 5.16. The van der Waals surface area contributed by atoms with Gasteiger partial charge in [-0.2, -0.15) is 0 Å². The molecule has 168 valence electrons. The number of imidazole rings is 1. The molecule has 2 fully saturated rings. The van der Waals surface area contributed by atoms with Crippen LogP contribution in [0.25, 0.3) is 11.4 Å². The Bertz CT molecular complexity index is 912. The number of halogens is 1. The van der Waals surface area contributed by atoms with Gasteiger partial charge in [-0.15, -0.1) is 0 Å². The molecular weight excluding hydrogens is 410 g/mol. The van der Waals surface area contributed by atoms with Crippen LogP contribution in [0.3, 0.4) is 0 Å². The third-order valence-electron chi connectivity index (χ3n) is 6.94. The molecule has 0 radical (unpaired) electrons. The van der Waals surface area contributed by atoms with Gasteiger partial charge in [0, 0.05) is 23.3 Å². The standard InChI is InChI=1S/C25H34ClN3O2/c1-17-23(25(30)27-20-11-7-4-8-12-20)28-24(21-15-19(26)13-14-22(21)31-2)29(17)16-18-9-5-3-6-10-18/h13-15,18,20H,3-12,16H2,1-2H3,(H,27,30). The van der Waals surface area contributed by atoms with Crippen LogP contribution >= 0.6 is 11.6 Å². The third-order valence-corrected chi connectivity index (χ3v) is 7.18. The molecule has 0 atom stereocenters. The summed E-state index contributed by atoms with van der Waals surface area (Å²) in [5, 5.41) is 3.87. The molecule has 5 nitrogen and oxygen atoms in total. The number of aromatic nitrogens is 2. The van der Waals surface area contributed by atoms with Crippen molar-refractivity contribution in [2.45, 2.75) is 83.7 Å². The Morgan fingerprint density at radius 3 is 2.48 bits per heavy atom. The maximum Gasteiger partial charge on any atom is 0.271 e. The van der Waals surface area contributed by atoms with Crippen molar-refractivity contribution >= 4 is 17.5 Å². The molecular formula is C25H34ClN3O2. The van der Waals surface area contributed by atoms with E-state index in [1.54, 1.807) is 7.11 Å². The SMILES string of the molecule is COc1ccc(Cl)cc1-c1nc(C(=O)NC2CCCCC2)c(C)n1CC1CCCCC1. The van der Waals surface area contributed by atoms with E-state index in [4.69, 9.17) is 21.3 Å². The van der Waals surface area contributed by atoms with E-state index in [1.165, 1.54) is 51.4 Å². The summed E-state index contributed by atoms with van der Waals surface area (Å²) in [5.74, 6) is 2.05. The summed E-state index contributed by atoms with van der Waals surface area (Å²) in [6, 6.07) is 5.84. The molecule has 1 aromatic heterocycles. The molecule has 0 bridgehead atoms. The Morgan fingerprint density at radius 1 is 1.13 bits per heavy atom. The number of benzene rings is 1. The Balaban J connectivity index is 1.70. The zero-order valence-corrected chi connectivity index (χ0v) is 19.5. The Labute approximate surface area is 190 Å². The fourth-order valence-corrected chi connectivity index (χ4v) is 5.33. The number of rotatable bonds is 6. The van der Waals surface area contributed by atoms with Gasteiger partial charge in [0.15, 0.2) is 0 Å². The lowest BCUT2D eigenvalue weighted by molar-refractivity contribution is 0.0922. The molecule has 2 aliphatic rings. The van der Waals surface area contributed by atoms with Gasteiger partial charge in [0.2, 0.25) is 0 Å². The van der Waals surface area contributed by atoms with Crippen molar-refractivity contribution in [3.63, 3.8) is 0 Å². The molecule has 0 aliphatic heterocycles. The number of methoxy groups -OCH3 is 1. The lowest BCUT2D eigenvalue weighted by Crippen LogP contribution is -2.36. The topological polar surface area (TPSA) is 56.1 Å². The van der Waals surface area contributed by atoms with Crippen molar-refractivity contribution in [3.05, 3.63) is 34.6 Å². The number of amides is 1. The van der Waals surface area contributed by atoms with E-state index in [0.717, 1.165) is 42.2 Å². The minimum absolute atomic E-state index is 0.0611. The van der Waals surface area contributed by atoms with Crippen molar-refractivity contribution in [3.8, 4) is 17.1 Å². The smallest absolute Gasteiger partial charge is 0.271 e. The summed E-state index contributed by atoms with van der Waals surface area (Å²) < 4.78 is 7.84. The number of carbonyl (C=O) groups is 1. The van der Waals surface area contributed by atoms with E-state index >= 15 is 0 Å². The zero-order chi connectivity index (χ0) is 21.8. The van der Waals surface area contributed by atoms with Gasteiger partial charge >= 0.3 is 0 Å². The number of hydrogen-bond acceptors (Lipinski definition) is 3. The number of nitrogens with zero attached hydrogens (tertiary/aromatic N) is 2. The average molecular weight is 444 g/mol. The van der Waals surface area contributed by atoms with Crippen LogP contribution in [0.15, 0.2) is 18.2 Å². The molecule has 31 heavy (non-hydrogen) atoms. The summed E-state index contributed by atoms with van der Waals surface area (Å²) in [4.78, 5) is 18.1. The summed E-state index contributed by atoms with van der Waals surface area (Å²) >= 11 is 6.33. The van der Waals surface area contributed by atoms with Crippen LogP contribution in [0.2, 0.25) is 5.02 Å². The predicted molar refractivity (Wildman–Crippen MR) is 125 cm³/mol. The fraction of sp³-hybridized carbons (Fsp3) is 0.600. The first-order chi connectivity index (χ1) is 15.1. The normalized spacial score (nSPS) is 18.2. The van der Waals surface area contributed by atoms with E-state index in [9.17, 15) is 4.79 Å². The lowest BCUT2D eigenvalue weighted by atomic mass is 9.89. The molecule has 6 heteroatoms. The molecule has 2 saturated carbocycles. The first kappa shape index (κ1) is 22.2. The molecule has 1 amide bonds. The average Bonchev–Trinajstić information content (AvgIpc) is 3.11. The lowest BCUT2D eigenvalue weighted by Gasteiger charge is -2.24. The summed E-state index contributed by atoms with van der Waals surface area (Å²) in [6.45, 7) is 2.90. The number of nitrogens with one attached hydrogen (secondary N) is 1. The van der Waals surface area contributed by atoms with E-state index in [1.807, 2.05) is 25.1 Å². The molecule has 0 saturated heterocycles. The first-order valence-corrected chi connectivity index (χ1v) is 12.2. The number of hydrogen-bond donors (Lipinski definition) is 1. The van der Waals surface area contributed by atoms with E-state index in [0.29, 0.717) is 16.6 Å². The van der Waals surface area contributed by atoms with Gasteiger partial charge < -0.3 is 14.6 Å². The molecule has 2 aromatic rings. The minimum Gasteiger partial charge on any atom is -0.496 e. The molecule has 1 aromatic carbocycles. The van der Waals surface area contributed by atoms with Crippen LogP contribution in [0.5, 0.6) is 5.75 Å². The summed E-state index contributed by atoms with van der Waals surface area (Å²) in [5.41, 5.74) is 2.29. The van der Waals surface area contributed by atoms with Crippen LogP contribution < -0.4 is 10.1 Å². The predicted octanol–water partition coefficient (Wildman–Crippen LogP) is 6.16. The highest BCUT2D eigenvalue weighted by Gasteiger charge is 2.26. The van der Waals surface area contributed by atoms with Gasteiger partial charge in [0.1, 0.15) is 17.3 Å². The van der Waals surface area contributed by atoms with E-state index in [-0.39, 0.29) is 11.9 Å². The van der Waals surface area contributed by atoms with Crippen LogP contribution in [0.1, 0.15) is 80.4 Å². The van der Waals surface area contributed by atoms with E-state index in [2.05, 4.69) is 9.88 Å². The van der Waals surface area contributed by atoms with Gasteiger partial charge in [0.05, 0.1) is 12.7 Å². The quantitative estimate of drug-likeness (QED) is 0.581. The number of ether oxygens (including phenoxy) is 1. The van der Waals surface area contributed by atoms with Crippen molar-refractivity contribution in [2.75, 3.05) is 7.11 Å². The van der Waals surface area contributed by atoms with Crippen molar-refractivity contribution in [1.29, 1.82) is 0 Å². The zero-order valence-electron chi connectivity index (χ0n) is 18.8. The molecule has 1 heterocycles. The van der Waals surface area contributed by atoms with Crippen LogP contribution in [0.4, 0.5) is 0 Å². The number of carbonyl (C=O) groups excluding carboxylic acids is 1. The largest absolute Gasteiger partial charge is 0.496 e. The van der Waals surface area contributed by atoms with Gasteiger partial charge in [-0.3, -0.25) is 4.79 Å². The molecule has 4 rings (SSSR count). The van der Waals surface area contributed by atoms with Crippen molar-refractivity contribution in [1.82, 2.24) is 14.9 Å².